The molecule has 0 radical (unpaired) electrons. The minimum absolute atomic E-state index is 0.199. The number of urea groups is 1. The van der Waals surface area contributed by atoms with Crippen LogP contribution in [0.25, 0.3) is 0 Å². The molecule has 0 spiro atoms. The number of carbonyl (C=O) groups excluding carboxylic acids is 1. The van der Waals surface area contributed by atoms with E-state index in [4.69, 9.17) is 0 Å². The highest BCUT2D eigenvalue weighted by Crippen LogP contribution is 2.32. The summed E-state index contributed by atoms with van der Waals surface area (Å²) < 4.78 is 0. The number of nitrogens with one attached hydrogen (secondary N) is 1. The lowest BCUT2D eigenvalue weighted by molar-refractivity contribution is -0.148. The third-order valence-electron chi connectivity index (χ3n) is 4.35. The minimum atomic E-state index is -0.990. The smallest absolute Gasteiger partial charge is 0.329 e. The molecule has 0 bridgehead atoms. The molecule has 2 rings (SSSR count). The van der Waals surface area contributed by atoms with Crippen LogP contribution in [-0.2, 0) is 4.79 Å². The predicted octanol–water partition coefficient (Wildman–Crippen LogP) is 1.83. The molecule has 102 valence electrons. The monoisotopic (exact) mass is 254 g/mol. The molecule has 1 atom stereocenters. The second kappa shape index (κ2) is 5.16. The van der Waals surface area contributed by atoms with Gasteiger partial charge in [0.25, 0.3) is 0 Å². The summed E-state index contributed by atoms with van der Waals surface area (Å²) in [4.78, 5) is 25.1. The molecular weight excluding hydrogens is 232 g/mol. The molecule has 1 heterocycles. The van der Waals surface area contributed by atoms with E-state index in [1.807, 2.05) is 0 Å². The van der Waals surface area contributed by atoms with Crippen molar-refractivity contribution in [2.45, 2.75) is 51.0 Å². The Morgan fingerprint density at radius 1 is 1.39 bits per heavy atom. The van der Waals surface area contributed by atoms with Gasteiger partial charge in [0.05, 0.1) is 0 Å². The second-order valence-electron chi connectivity index (χ2n) is 5.53. The lowest BCUT2D eigenvalue weighted by atomic mass is 9.77. The number of hydrogen-bond donors (Lipinski definition) is 2. The van der Waals surface area contributed by atoms with Gasteiger partial charge in [0.1, 0.15) is 5.54 Å². The summed E-state index contributed by atoms with van der Waals surface area (Å²) in [5, 5.41) is 11.9. The highest BCUT2D eigenvalue weighted by Gasteiger charge is 2.46. The van der Waals surface area contributed by atoms with Crippen molar-refractivity contribution < 1.29 is 14.7 Å². The van der Waals surface area contributed by atoms with E-state index in [0.717, 1.165) is 32.4 Å². The summed E-state index contributed by atoms with van der Waals surface area (Å²) >= 11 is 0. The summed E-state index contributed by atoms with van der Waals surface area (Å²) in [6.07, 6.45) is 5.26. The fourth-order valence-electron chi connectivity index (χ4n) is 2.79. The summed E-state index contributed by atoms with van der Waals surface area (Å²) in [6.45, 7) is 3.65. The third-order valence-corrected chi connectivity index (χ3v) is 4.35. The van der Waals surface area contributed by atoms with Gasteiger partial charge in [-0.15, -0.1) is 0 Å². The van der Waals surface area contributed by atoms with Crippen LogP contribution in [0.2, 0.25) is 0 Å². The highest BCUT2D eigenvalue weighted by atomic mass is 16.4. The lowest BCUT2D eigenvalue weighted by Gasteiger charge is -2.41. The number of carboxylic acid groups (broad SMARTS) is 1. The maximum absolute atomic E-state index is 12.1. The molecule has 1 aliphatic heterocycles. The molecule has 2 amide bonds. The molecule has 18 heavy (non-hydrogen) atoms. The fourth-order valence-corrected chi connectivity index (χ4v) is 2.79. The number of amides is 2. The molecule has 0 aromatic rings. The number of piperidine rings is 1. The maximum Gasteiger partial charge on any atom is 0.329 e. The van der Waals surface area contributed by atoms with Crippen LogP contribution in [0.5, 0.6) is 0 Å². The molecular formula is C13H22N2O3. The molecule has 5 nitrogen and oxygen atoms in total. The molecule has 5 heteroatoms. The summed E-state index contributed by atoms with van der Waals surface area (Å²) in [7, 11) is 0. The maximum atomic E-state index is 12.1. The Hall–Kier alpha value is -1.26. The van der Waals surface area contributed by atoms with Crippen LogP contribution >= 0.6 is 0 Å². The zero-order valence-corrected chi connectivity index (χ0v) is 10.9. The van der Waals surface area contributed by atoms with E-state index < -0.39 is 11.5 Å². The van der Waals surface area contributed by atoms with Crippen molar-refractivity contribution in [2.24, 2.45) is 5.92 Å². The van der Waals surface area contributed by atoms with Crippen LogP contribution in [0.3, 0.4) is 0 Å². The lowest BCUT2D eigenvalue weighted by Crippen LogP contribution is -2.62. The SMILES string of the molecule is CCC1CCCN(C(=O)NC2(C(=O)O)CCC2)C1. The molecule has 2 N–H and O–H groups in total. The van der Waals surface area contributed by atoms with Crippen LogP contribution in [0.4, 0.5) is 4.79 Å². The fraction of sp³-hybridized carbons (Fsp3) is 0.846. The van der Waals surface area contributed by atoms with Gasteiger partial charge >= 0.3 is 12.0 Å². The number of likely N-dealkylation sites (tertiary alicyclic amines) is 1. The van der Waals surface area contributed by atoms with Crippen molar-refractivity contribution in [3.8, 4) is 0 Å². The van der Waals surface area contributed by atoms with E-state index in [1.54, 1.807) is 4.90 Å². The third kappa shape index (κ3) is 2.44. The largest absolute Gasteiger partial charge is 0.480 e. The topological polar surface area (TPSA) is 69.6 Å². The van der Waals surface area contributed by atoms with Gasteiger partial charge in [-0.1, -0.05) is 13.3 Å². The number of nitrogens with zero attached hydrogens (tertiary/aromatic N) is 1. The average Bonchev–Trinajstić information content (AvgIpc) is 2.33. The van der Waals surface area contributed by atoms with E-state index in [-0.39, 0.29) is 6.03 Å². The van der Waals surface area contributed by atoms with Crippen molar-refractivity contribution in [3.63, 3.8) is 0 Å². The summed E-state index contributed by atoms with van der Waals surface area (Å²) in [5.41, 5.74) is -0.990. The predicted molar refractivity (Wildman–Crippen MR) is 67.3 cm³/mol. The standard InChI is InChI=1S/C13H22N2O3/c1-2-10-5-3-8-15(9-10)12(18)14-13(11(16)17)6-4-7-13/h10H,2-9H2,1H3,(H,14,18)(H,16,17). The first-order valence-corrected chi connectivity index (χ1v) is 6.88. The Balaban J connectivity index is 1.93. The molecule has 1 saturated heterocycles. The van der Waals surface area contributed by atoms with Crippen LogP contribution in [0.1, 0.15) is 45.4 Å². The Morgan fingerprint density at radius 2 is 2.11 bits per heavy atom. The van der Waals surface area contributed by atoms with Crippen molar-refractivity contribution in [1.82, 2.24) is 10.2 Å². The minimum Gasteiger partial charge on any atom is -0.480 e. The van der Waals surface area contributed by atoms with Crippen molar-refractivity contribution in [3.05, 3.63) is 0 Å². The molecule has 1 aliphatic carbocycles. The second-order valence-corrected chi connectivity index (χ2v) is 5.53. The number of carboxylic acids is 1. The first-order valence-electron chi connectivity index (χ1n) is 6.88. The normalized spacial score (nSPS) is 26.3. The van der Waals surface area contributed by atoms with Gasteiger partial charge in [-0.3, -0.25) is 0 Å². The molecule has 0 aromatic heterocycles. The van der Waals surface area contributed by atoms with Crippen molar-refractivity contribution in [1.29, 1.82) is 0 Å². The summed E-state index contributed by atoms with van der Waals surface area (Å²) in [5.74, 6) is -0.335. The first-order chi connectivity index (χ1) is 8.57. The van der Waals surface area contributed by atoms with Crippen LogP contribution in [0.15, 0.2) is 0 Å². The van der Waals surface area contributed by atoms with Gasteiger partial charge < -0.3 is 15.3 Å². The first kappa shape index (κ1) is 13.2. The van der Waals surface area contributed by atoms with E-state index in [9.17, 15) is 14.7 Å². The van der Waals surface area contributed by atoms with Gasteiger partial charge in [-0.2, -0.15) is 0 Å². The molecule has 0 aromatic carbocycles. The van der Waals surface area contributed by atoms with E-state index in [0.29, 0.717) is 18.8 Å². The Kier molecular flexibility index (Phi) is 3.78. The van der Waals surface area contributed by atoms with Crippen molar-refractivity contribution in [2.75, 3.05) is 13.1 Å². The van der Waals surface area contributed by atoms with Crippen molar-refractivity contribution >= 4 is 12.0 Å². The van der Waals surface area contributed by atoms with Gasteiger partial charge in [-0.25, -0.2) is 9.59 Å². The van der Waals surface area contributed by atoms with Crippen LogP contribution < -0.4 is 5.32 Å². The zero-order chi connectivity index (χ0) is 13.2. The Morgan fingerprint density at radius 3 is 2.61 bits per heavy atom. The van der Waals surface area contributed by atoms with Gasteiger partial charge in [-0.05, 0) is 38.0 Å². The number of rotatable bonds is 3. The van der Waals surface area contributed by atoms with Crippen LogP contribution in [0, 0.1) is 5.92 Å². The van der Waals surface area contributed by atoms with E-state index >= 15 is 0 Å². The highest BCUT2D eigenvalue weighted by molar-refractivity contribution is 5.87. The molecule has 1 saturated carbocycles. The Bertz CT molecular complexity index is 339. The molecule has 1 unspecified atom stereocenters. The molecule has 2 aliphatic rings. The number of hydrogen-bond acceptors (Lipinski definition) is 2. The van der Waals surface area contributed by atoms with E-state index in [2.05, 4.69) is 12.2 Å². The zero-order valence-electron chi connectivity index (χ0n) is 10.9. The van der Waals surface area contributed by atoms with Gasteiger partial charge in [0.2, 0.25) is 0 Å². The summed E-state index contributed by atoms with van der Waals surface area (Å²) in [6, 6.07) is -0.199. The van der Waals surface area contributed by atoms with Gasteiger partial charge in [0, 0.05) is 13.1 Å². The number of carbonyl (C=O) groups is 2. The average molecular weight is 254 g/mol. The van der Waals surface area contributed by atoms with Gasteiger partial charge in [0.15, 0.2) is 0 Å². The number of aliphatic carboxylic acids is 1. The quantitative estimate of drug-likeness (QED) is 0.807. The van der Waals surface area contributed by atoms with Crippen LogP contribution in [-0.4, -0.2) is 40.6 Å². The van der Waals surface area contributed by atoms with E-state index in [1.165, 1.54) is 6.42 Å². The Labute approximate surface area is 108 Å². The molecule has 2 fully saturated rings.